The van der Waals surface area contributed by atoms with E-state index in [1.165, 1.54) is 24.0 Å². The van der Waals surface area contributed by atoms with E-state index in [1.807, 2.05) is 23.1 Å². The van der Waals surface area contributed by atoms with Crippen LogP contribution in [0.1, 0.15) is 42.0 Å². The predicted octanol–water partition coefficient (Wildman–Crippen LogP) is 4.21. The molecular weight excluding hydrogens is 336 g/mol. The summed E-state index contributed by atoms with van der Waals surface area (Å²) in [6.07, 6.45) is 4.15. The second kappa shape index (κ2) is 7.01. The summed E-state index contributed by atoms with van der Waals surface area (Å²) in [5.74, 6) is 0.722. The third-order valence-electron chi connectivity index (χ3n) is 6.46. The normalized spacial score (nSPS) is 29.3. The summed E-state index contributed by atoms with van der Waals surface area (Å²) in [5, 5.41) is 0. The van der Waals surface area contributed by atoms with Gasteiger partial charge in [-0.15, -0.1) is 0 Å². The highest BCUT2D eigenvalue weighted by Crippen LogP contribution is 2.37. The SMILES string of the molecule is O=C(OC1CC2CCN1CC2)N1CCc2ccccc2C1c1ccccc1. The molecule has 0 aromatic heterocycles. The Balaban J connectivity index is 1.43. The van der Waals surface area contributed by atoms with Crippen LogP contribution in [0.15, 0.2) is 54.6 Å². The number of carbonyl (C=O) groups excluding carboxylic acids is 1. The number of amides is 1. The van der Waals surface area contributed by atoms with Gasteiger partial charge in [0.15, 0.2) is 6.23 Å². The van der Waals surface area contributed by atoms with E-state index >= 15 is 0 Å². The third kappa shape index (κ3) is 3.12. The first-order valence-electron chi connectivity index (χ1n) is 10.1. The smallest absolute Gasteiger partial charge is 0.412 e. The van der Waals surface area contributed by atoms with Gasteiger partial charge < -0.3 is 4.74 Å². The summed E-state index contributed by atoms with van der Waals surface area (Å²) in [4.78, 5) is 17.5. The van der Waals surface area contributed by atoms with E-state index in [1.54, 1.807) is 0 Å². The molecule has 0 saturated carbocycles. The maximum atomic E-state index is 13.2. The lowest BCUT2D eigenvalue weighted by molar-refractivity contribution is -0.0928. The molecule has 4 heterocycles. The molecule has 2 aromatic rings. The van der Waals surface area contributed by atoms with Crippen LogP contribution in [-0.2, 0) is 11.2 Å². The Hall–Kier alpha value is -2.33. The van der Waals surface area contributed by atoms with Crippen LogP contribution in [0, 0.1) is 5.92 Å². The van der Waals surface area contributed by atoms with Gasteiger partial charge in [-0.3, -0.25) is 9.80 Å². The molecular formula is C23H26N2O2. The average Bonchev–Trinajstić information content (AvgIpc) is 2.74. The minimum Gasteiger partial charge on any atom is -0.430 e. The minimum atomic E-state index is -0.170. The largest absolute Gasteiger partial charge is 0.430 e. The molecule has 0 radical (unpaired) electrons. The number of fused-ring (bicyclic) bond motifs is 4. The highest BCUT2D eigenvalue weighted by Gasteiger charge is 2.39. The molecule has 4 aliphatic heterocycles. The molecule has 3 fully saturated rings. The number of hydrogen-bond donors (Lipinski definition) is 0. The number of rotatable bonds is 2. The van der Waals surface area contributed by atoms with Gasteiger partial charge in [-0.25, -0.2) is 4.79 Å². The summed E-state index contributed by atoms with van der Waals surface area (Å²) in [7, 11) is 0. The Bertz CT molecular complexity index is 814. The fourth-order valence-electron chi connectivity index (χ4n) is 4.98. The van der Waals surface area contributed by atoms with Crippen molar-refractivity contribution in [1.82, 2.24) is 9.80 Å². The molecule has 2 aromatic carbocycles. The van der Waals surface area contributed by atoms with Crippen LogP contribution in [0.2, 0.25) is 0 Å². The first kappa shape index (κ1) is 16.8. The van der Waals surface area contributed by atoms with Crippen molar-refractivity contribution in [1.29, 1.82) is 0 Å². The molecule has 4 nitrogen and oxygen atoms in total. The van der Waals surface area contributed by atoms with Crippen molar-refractivity contribution in [2.24, 2.45) is 5.92 Å². The molecule has 2 bridgehead atoms. The zero-order valence-electron chi connectivity index (χ0n) is 15.6. The predicted molar refractivity (Wildman–Crippen MR) is 104 cm³/mol. The highest BCUT2D eigenvalue weighted by molar-refractivity contribution is 5.70. The van der Waals surface area contributed by atoms with E-state index in [2.05, 4.69) is 41.3 Å². The van der Waals surface area contributed by atoms with Crippen molar-refractivity contribution in [3.8, 4) is 0 Å². The van der Waals surface area contributed by atoms with Crippen LogP contribution in [0.5, 0.6) is 0 Å². The monoisotopic (exact) mass is 362 g/mol. The van der Waals surface area contributed by atoms with Gasteiger partial charge in [-0.05, 0) is 41.9 Å². The molecule has 0 N–H and O–H groups in total. The number of nitrogens with zero attached hydrogens (tertiary/aromatic N) is 2. The summed E-state index contributed by atoms with van der Waals surface area (Å²) in [6.45, 7) is 2.83. The number of ether oxygens (including phenoxy) is 1. The fraction of sp³-hybridized carbons (Fsp3) is 0.435. The molecule has 1 amide bonds. The van der Waals surface area contributed by atoms with Gasteiger partial charge in [0.1, 0.15) is 0 Å². The topological polar surface area (TPSA) is 32.8 Å². The van der Waals surface area contributed by atoms with Crippen molar-refractivity contribution >= 4 is 6.09 Å². The van der Waals surface area contributed by atoms with Crippen molar-refractivity contribution < 1.29 is 9.53 Å². The van der Waals surface area contributed by atoms with Gasteiger partial charge in [0.25, 0.3) is 0 Å². The van der Waals surface area contributed by atoms with Crippen LogP contribution in [0.4, 0.5) is 4.79 Å². The summed E-state index contributed by atoms with van der Waals surface area (Å²) < 4.78 is 6.04. The van der Waals surface area contributed by atoms with Crippen LogP contribution in [0.25, 0.3) is 0 Å². The second-order valence-electron chi connectivity index (χ2n) is 8.01. The van der Waals surface area contributed by atoms with Gasteiger partial charge in [-0.1, -0.05) is 54.6 Å². The van der Waals surface area contributed by atoms with Gasteiger partial charge in [0.2, 0.25) is 0 Å². The molecule has 0 spiro atoms. The molecule has 27 heavy (non-hydrogen) atoms. The van der Waals surface area contributed by atoms with Crippen molar-refractivity contribution in [2.75, 3.05) is 19.6 Å². The van der Waals surface area contributed by atoms with Crippen LogP contribution < -0.4 is 0 Å². The Kier molecular flexibility index (Phi) is 4.36. The quantitative estimate of drug-likeness (QED) is 0.802. The van der Waals surface area contributed by atoms with Gasteiger partial charge in [0, 0.05) is 26.1 Å². The van der Waals surface area contributed by atoms with Crippen LogP contribution >= 0.6 is 0 Å². The van der Waals surface area contributed by atoms with Gasteiger partial charge in [-0.2, -0.15) is 0 Å². The molecule has 2 unspecified atom stereocenters. The van der Waals surface area contributed by atoms with Gasteiger partial charge in [0.05, 0.1) is 6.04 Å². The summed E-state index contributed by atoms with van der Waals surface area (Å²) in [6, 6.07) is 18.7. The number of hydrogen-bond acceptors (Lipinski definition) is 3. The number of piperidine rings is 3. The molecule has 2 atom stereocenters. The molecule has 0 aliphatic carbocycles. The van der Waals surface area contributed by atoms with Gasteiger partial charge >= 0.3 is 6.09 Å². The third-order valence-corrected chi connectivity index (χ3v) is 6.46. The average molecular weight is 362 g/mol. The fourth-order valence-corrected chi connectivity index (χ4v) is 4.98. The van der Waals surface area contributed by atoms with E-state index in [-0.39, 0.29) is 18.4 Å². The lowest BCUT2D eigenvalue weighted by Crippen LogP contribution is -2.52. The Morgan fingerprint density at radius 2 is 1.67 bits per heavy atom. The molecule has 6 rings (SSSR count). The van der Waals surface area contributed by atoms with E-state index in [4.69, 9.17) is 4.74 Å². The van der Waals surface area contributed by atoms with Crippen molar-refractivity contribution in [3.05, 3.63) is 71.3 Å². The van der Waals surface area contributed by atoms with E-state index in [0.29, 0.717) is 6.54 Å². The summed E-state index contributed by atoms with van der Waals surface area (Å²) >= 11 is 0. The number of carbonyl (C=O) groups is 1. The lowest BCUT2D eigenvalue weighted by Gasteiger charge is -2.45. The molecule has 3 saturated heterocycles. The Morgan fingerprint density at radius 3 is 2.41 bits per heavy atom. The van der Waals surface area contributed by atoms with Crippen molar-refractivity contribution in [3.63, 3.8) is 0 Å². The highest BCUT2D eigenvalue weighted by atomic mass is 16.6. The van der Waals surface area contributed by atoms with E-state index in [9.17, 15) is 4.79 Å². The molecule has 140 valence electrons. The standard InChI is InChI=1S/C23H26N2O2/c26-23(27-21-16-17-10-13-24(21)14-11-17)25-15-12-18-6-4-5-9-20(18)22(25)19-7-2-1-3-8-19/h1-9,17,21-22H,10-16H2. The number of benzene rings is 2. The molecule has 4 aliphatic rings. The summed E-state index contributed by atoms with van der Waals surface area (Å²) in [5.41, 5.74) is 3.69. The maximum Gasteiger partial charge on any atom is 0.412 e. The first-order chi connectivity index (χ1) is 13.3. The van der Waals surface area contributed by atoms with E-state index in [0.717, 1.165) is 37.4 Å². The van der Waals surface area contributed by atoms with Crippen LogP contribution in [-0.4, -0.2) is 41.8 Å². The van der Waals surface area contributed by atoms with Crippen LogP contribution in [0.3, 0.4) is 0 Å². The zero-order chi connectivity index (χ0) is 18.2. The van der Waals surface area contributed by atoms with Crippen molar-refractivity contribution in [2.45, 2.75) is 38.0 Å². The minimum absolute atomic E-state index is 0.0430. The lowest BCUT2D eigenvalue weighted by atomic mass is 9.87. The second-order valence-corrected chi connectivity index (χ2v) is 8.01. The maximum absolute atomic E-state index is 13.2. The zero-order valence-corrected chi connectivity index (χ0v) is 15.6. The Morgan fingerprint density at radius 1 is 0.926 bits per heavy atom. The Labute approximate surface area is 160 Å². The first-order valence-corrected chi connectivity index (χ1v) is 10.1. The van der Waals surface area contributed by atoms with E-state index < -0.39 is 0 Å². The molecule has 4 heteroatoms.